The SMILES string of the molecule is Cc1cccc(CCN=C2NC=C(Cl)C(Nc3cccc(C(F)(F)F)c3)N2)c1. The number of anilines is 1. The number of rotatable bonds is 5. The van der Waals surface area contributed by atoms with Crippen LogP contribution in [0.5, 0.6) is 0 Å². The van der Waals surface area contributed by atoms with Crippen molar-refractivity contribution >= 4 is 23.2 Å². The quantitative estimate of drug-likeness (QED) is 0.676. The predicted octanol–water partition coefficient (Wildman–Crippen LogP) is 4.62. The summed E-state index contributed by atoms with van der Waals surface area (Å²) in [6, 6.07) is 13.2. The number of aliphatic imine (C=N–C) groups is 1. The second kappa shape index (κ2) is 8.56. The lowest BCUT2D eigenvalue weighted by atomic mass is 10.1. The van der Waals surface area contributed by atoms with Crippen molar-refractivity contribution in [2.45, 2.75) is 25.7 Å². The van der Waals surface area contributed by atoms with Gasteiger partial charge in [0.15, 0.2) is 5.96 Å². The minimum absolute atomic E-state index is 0.305. The molecule has 1 aliphatic heterocycles. The van der Waals surface area contributed by atoms with Crippen molar-refractivity contribution in [3.05, 3.63) is 76.5 Å². The van der Waals surface area contributed by atoms with E-state index in [1.54, 1.807) is 12.3 Å². The number of halogens is 4. The lowest BCUT2D eigenvalue weighted by Gasteiger charge is -2.27. The number of nitrogens with zero attached hydrogens (tertiary/aromatic N) is 1. The Morgan fingerprint density at radius 1 is 1.14 bits per heavy atom. The van der Waals surface area contributed by atoms with Crippen LogP contribution in [0.2, 0.25) is 0 Å². The van der Waals surface area contributed by atoms with Crippen LogP contribution in [0.15, 0.2) is 64.8 Å². The molecule has 0 aliphatic carbocycles. The maximum Gasteiger partial charge on any atom is 0.416 e. The van der Waals surface area contributed by atoms with E-state index < -0.39 is 17.9 Å². The summed E-state index contributed by atoms with van der Waals surface area (Å²) in [6.07, 6.45) is -2.64. The van der Waals surface area contributed by atoms with Crippen LogP contribution in [0.25, 0.3) is 0 Å². The highest BCUT2D eigenvalue weighted by Crippen LogP contribution is 2.31. The molecule has 1 aliphatic rings. The lowest BCUT2D eigenvalue weighted by Crippen LogP contribution is -2.49. The molecule has 3 rings (SSSR count). The number of benzene rings is 2. The molecule has 8 heteroatoms. The van der Waals surface area contributed by atoms with Gasteiger partial charge in [-0.05, 0) is 37.1 Å². The normalized spacial score (nSPS) is 18.2. The Hall–Kier alpha value is -2.67. The van der Waals surface area contributed by atoms with Crippen LogP contribution in [0.3, 0.4) is 0 Å². The summed E-state index contributed by atoms with van der Waals surface area (Å²) in [6.45, 7) is 2.59. The van der Waals surface area contributed by atoms with Crippen LogP contribution in [0, 0.1) is 6.92 Å². The molecule has 148 valence electrons. The van der Waals surface area contributed by atoms with Gasteiger partial charge in [0.05, 0.1) is 10.6 Å². The molecule has 4 nitrogen and oxygen atoms in total. The zero-order valence-corrected chi connectivity index (χ0v) is 15.9. The Balaban J connectivity index is 1.63. The first-order chi connectivity index (χ1) is 13.3. The molecule has 0 amide bonds. The van der Waals surface area contributed by atoms with Gasteiger partial charge in [-0.2, -0.15) is 13.2 Å². The fourth-order valence-corrected chi connectivity index (χ4v) is 2.94. The van der Waals surface area contributed by atoms with E-state index in [0.29, 0.717) is 23.2 Å². The monoisotopic (exact) mass is 408 g/mol. The fraction of sp³-hybridized carbons (Fsp3) is 0.250. The second-order valence-corrected chi connectivity index (χ2v) is 6.88. The van der Waals surface area contributed by atoms with Crippen molar-refractivity contribution in [3.8, 4) is 0 Å². The van der Waals surface area contributed by atoms with Gasteiger partial charge in [-0.15, -0.1) is 0 Å². The van der Waals surface area contributed by atoms with Gasteiger partial charge in [0.25, 0.3) is 0 Å². The first-order valence-corrected chi connectivity index (χ1v) is 9.11. The van der Waals surface area contributed by atoms with Gasteiger partial charge < -0.3 is 16.0 Å². The Kier molecular flexibility index (Phi) is 6.14. The van der Waals surface area contributed by atoms with Gasteiger partial charge in [0, 0.05) is 18.4 Å². The average Bonchev–Trinajstić information content (AvgIpc) is 2.64. The standard InChI is InChI=1S/C20H20ClF3N4/c1-13-4-2-5-14(10-13)8-9-25-19-26-12-17(21)18(28-19)27-16-7-3-6-15(11-16)20(22,23)24/h2-7,10-12,18,27H,8-9H2,1H3,(H2,25,26,28). The van der Waals surface area contributed by atoms with Crippen molar-refractivity contribution in [1.29, 1.82) is 0 Å². The van der Waals surface area contributed by atoms with Gasteiger partial charge >= 0.3 is 6.18 Å². The van der Waals surface area contributed by atoms with Crippen LogP contribution >= 0.6 is 11.6 Å². The summed E-state index contributed by atoms with van der Waals surface area (Å²) in [4.78, 5) is 4.46. The second-order valence-electron chi connectivity index (χ2n) is 6.44. The minimum atomic E-state index is -4.40. The molecular formula is C20H20ClF3N4. The summed E-state index contributed by atoms with van der Waals surface area (Å²) in [7, 11) is 0. The number of guanidine groups is 1. The lowest BCUT2D eigenvalue weighted by molar-refractivity contribution is -0.137. The van der Waals surface area contributed by atoms with Gasteiger partial charge in [0.1, 0.15) is 6.17 Å². The van der Waals surface area contributed by atoms with E-state index in [1.807, 2.05) is 25.1 Å². The molecule has 2 aromatic carbocycles. The fourth-order valence-electron chi connectivity index (χ4n) is 2.78. The summed E-state index contributed by atoms with van der Waals surface area (Å²) in [5.74, 6) is 0.501. The molecule has 2 aromatic rings. The highest BCUT2D eigenvalue weighted by Gasteiger charge is 2.30. The van der Waals surface area contributed by atoms with Gasteiger partial charge in [-0.1, -0.05) is 47.5 Å². The highest BCUT2D eigenvalue weighted by molar-refractivity contribution is 6.30. The maximum absolute atomic E-state index is 12.9. The van der Waals surface area contributed by atoms with Crippen LogP contribution in [-0.2, 0) is 12.6 Å². The minimum Gasteiger partial charge on any atom is -0.361 e. The van der Waals surface area contributed by atoms with Crippen LogP contribution < -0.4 is 16.0 Å². The first-order valence-electron chi connectivity index (χ1n) is 8.74. The third kappa shape index (κ3) is 5.42. The molecule has 0 aromatic heterocycles. The number of aryl methyl sites for hydroxylation is 1. The molecule has 0 bridgehead atoms. The molecule has 0 spiro atoms. The van der Waals surface area contributed by atoms with Gasteiger partial charge in [-0.3, -0.25) is 4.99 Å². The number of hydrogen-bond acceptors (Lipinski definition) is 2. The summed E-state index contributed by atoms with van der Waals surface area (Å²) in [5.41, 5.74) is 1.96. The Morgan fingerprint density at radius 2 is 1.93 bits per heavy atom. The van der Waals surface area contributed by atoms with Crippen LogP contribution in [0.4, 0.5) is 18.9 Å². The zero-order chi connectivity index (χ0) is 20.1. The number of alkyl halides is 3. The van der Waals surface area contributed by atoms with Crippen LogP contribution in [-0.4, -0.2) is 18.7 Å². The number of hydrogen-bond donors (Lipinski definition) is 3. The van der Waals surface area contributed by atoms with Crippen LogP contribution in [0.1, 0.15) is 16.7 Å². The molecule has 1 heterocycles. The Bertz CT molecular complexity index is 893. The summed E-state index contributed by atoms with van der Waals surface area (Å²) in [5, 5.41) is 9.34. The van der Waals surface area contributed by atoms with E-state index in [2.05, 4.69) is 27.0 Å². The van der Waals surface area contributed by atoms with Crippen molar-refractivity contribution in [2.75, 3.05) is 11.9 Å². The molecule has 3 N–H and O–H groups in total. The molecule has 0 saturated carbocycles. The molecule has 0 saturated heterocycles. The van der Waals surface area contributed by atoms with Crippen molar-refractivity contribution in [1.82, 2.24) is 10.6 Å². The Morgan fingerprint density at radius 3 is 2.68 bits per heavy atom. The van der Waals surface area contributed by atoms with E-state index in [9.17, 15) is 13.2 Å². The molecule has 0 radical (unpaired) electrons. The van der Waals surface area contributed by atoms with E-state index in [1.165, 1.54) is 17.2 Å². The average molecular weight is 409 g/mol. The number of nitrogens with one attached hydrogen (secondary N) is 3. The Labute approximate surface area is 166 Å². The predicted molar refractivity (Wildman–Crippen MR) is 106 cm³/mol. The molecule has 1 unspecified atom stereocenters. The largest absolute Gasteiger partial charge is 0.416 e. The van der Waals surface area contributed by atoms with Gasteiger partial charge in [0.2, 0.25) is 0 Å². The van der Waals surface area contributed by atoms with E-state index in [4.69, 9.17) is 11.6 Å². The van der Waals surface area contributed by atoms with E-state index >= 15 is 0 Å². The van der Waals surface area contributed by atoms with Crippen molar-refractivity contribution in [2.24, 2.45) is 4.99 Å². The smallest absolute Gasteiger partial charge is 0.361 e. The van der Waals surface area contributed by atoms with Crippen molar-refractivity contribution < 1.29 is 13.2 Å². The van der Waals surface area contributed by atoms with Gasteiger partial charge in [-0.25, -0.2) is 0 Å². The maximum atomic E-state index is 12.9. The summed E-state index contributed by atoms with van der Waals surface area (Å²) >= 11 is 6.17. The van der Waals surface area contributed by atoms with Crippen molar-refractivity contribution in [3.63, 3.8) is 0 Å². The molecule has 1 atom stereocenters. The van der Waals surface area contributed by atoms with E-state index in [-0.39, 0.29) is 0 Å². The highest BCUT2D eigenvalue weighted by atomic mass is 35.5. The summed E-state index contributed by atoms with van der Waals surface area (Å²) < 4.78 is 38.6. The zero-order valence-electron chi connectivity index (χ0n) is 15.1. The van der Waals surface area contributed by atoms with E-state index in [0.717, 1.165) is 18.6 Å². The molecular weight excluding hydrogens is 389 g/mol. The molecule has 28 heavy (non-hydrogen) atoms. The third-order valence-electron chi connectivity index (χ3n) is 4.16. The first kappa shape index (κ1) is 20.1. The third-order valence-corrected chi connectivity index (χ3v) is 4.48. The molecule has 0 fully saturated rings. The topological polar surface area (TPSA) is 48.5 Å².